The van der Waals surface area contributed by atoms with Gasteiger partial charge in [0.05, 0.1) is 0 Å². The molecular formula is C28H26F5N3O6S. The lowest BCUT2D eigenvalue weighted by atomic mass is 9.87. The van der Waals surface area contributed by atoms with Gasteiger partial charge in [-0.25, -0.2) is 35.2 Å². The Morgan fingerprint density at radius 2 is 1.65 bits per heavy atom. The first-order valence-electron chi connectivity index (χ1n) is 13.3. The van der Waals surface area contributed by atoms with Gasteiger partial charge in [-0.3, -0.25) is 9.78 Å². The van der Waals surface area contributed by atoms with Crippen LogP contribution < -0.4 is 0 Å². The van der Waals surface area contributed by atoms with E-state index in [1.807, 2.05) is 0 Å². The number of nitrogens with zero attached hydrogens (tertiary/aromatic N) is 3. The molecule has 15 heteroatoms. The number of aliphatic carboxylic acids is 1. The third kappa shape index (κ3) is 5.33. The lowest BCUT2D eigenvalue weighted by Gasteiger charge is -2.45. The molecular weight excluding hydrogens is 601 g/mol. The van der Waals surface area contributed by atoms with Crippen molar-refractivity contribution in [3.05, 3.63) is 83.0 Å². The SMILES string of the molecule is O=C(C1CCN1S(=O)(=O)c1c(F)c(F)c(F)c(F)c1F)N(Cc1ccc(C2CCOCC2)nc1)C1(C(=O)O)C=CC=CC1. The molecule has 1 aliphatic carbocycles. The predicted molar refractivity (Wildman–Crippen MR) is 139 cm³/mol. The number of ether oxygens (including phenoxy) is 1. The standard InChI is InChI=1S/C28H26F5N3O6S/c29-20-21(30)23(32)25(24(33)22(20)31)43(40,41)36-11-6-19(36)26(37)35(28(27(38)39)9-2-1-3-10-28)15-16-4-5-18(34-14-16)17-7-12-42-13-8-17/h1-5,9,14,17,19H,6-8,10-13,15H2,(H,38,39). The van der Waals surface area contributed by atoms with E-state index in [2.05, 4.69) is 4.98 Å². The van der Waals surface area contributed by atoms with Crippen molar-refractivity contribution in [1.29, 1.82) is 0 Å². The maximum atomic E-state index is 14.5. The number of pyridine rings is 1. The summed E-state index contributed by atoms with van der Waals surface area (Å²) in [6.45, 7) is 0.354. The molecule has 1 aromatic carbocycles. The third-order valence-electron chi connectivity index (χ3n) is 7.99. The number of carbonyl (C=O) groups excluding carboxylic acids is 1. The number of carboxylic acid groups (broad SMARTS) is 1. The summed E-state index contributed by atoms with van der Waals surface area (Å²) in [5.41, 5.74) is -0.764. The van der Waals surface area contributed by atoms with Crippen molar-refractivity contribution in [1.82, 2.24) is 14.2 Å². The quantitative estimate of drug-likeness (QED) is 0.269. The van der Waals surface area contributed by atoms with Crippen LogP contribution in [-0.4, -0.2) is 70.9 Å². The maximum absolute atomic E-state index is 14.5. The number of carbonyl (C=O) groups is 2. The van der Waals surface area contributed by atoms with Crippen LogP contribution in [0.2, 0.25) is 0 Å². The highest BCUT2D eigenvalue weighted by Crippen LogP contribution is 2.37. The van der Waals surface area contributed by atoms with Crippen molar-refractivity contribution in [3.63, 3.8) is 0 Å². The second kappa shape index (κ2) is 11.8. The molecule has 2 atom stereocenters. The zero-order valence-corrected chi connectivity index (χ0v) is 23.3. The molecule has 43 heavy (non-hydrogen) atoms. The lowest BCUT2D eigenvalue weighted by molar-refractivity contribution is -0.159. The molecule has 9 nitrogen and oxygen atoms in total. The molecule has 0 spiro atoms. The molecule has 1 aromatic heterocycles. The Kier molecular flexibility index (Phi) is 8.42. The molecule has 2 saturated heterocycles. The first-order valence-corrected chi connectivity index (χ1v) is 14.8. The van der Waals surface area contributed by atoms with Crippen LogP contribution in [0.1, 0.15) is 42.9 Å². The second-order valence-electron chi connectivity index (χ2n) is 10.4. The molecule has 0 saturated carbocycles. The van der Waals surface area contributed by atoms with Gasteiger partial charge in [-0.2, -0.15) is 4.31 Å². The van der Waals surface area contributed by atoms with Crippen LogP contribution in [0.4, 0.5) is 22.0 Å². The summed E-state index contributed by atoms with van der Waals surface area (Å²) < 4.78 is 102. The fourth-order valence-electron chi connectivity index (χ4n) is 5.45. The van der Waals surface area contributed by atoms with Crippen LogP contribution in [0.3, 0.4) is 0 Å². The highest BCUT2D eigenvalue weighted by atomic mass is 32.2. The number of halogens is 5. The van der Waals surface area contributed by atoms with Gasteiger partial charge in [0.25, 0.3) is 0 Å². The summed E-state index contributed by atoms with van der Waals surface area (Å²) in [6.07, 6.45) is 8.38. The van der Waals surface area contributed by atoms with Gasteiger partial charge in [-0.15, -0.1) is 0 Å². The Labute approximate surface area is 243 Å². The molecule has 2 unspecified atom stereocenters. The topological polar surface area (TPSA) is 117 Å². The van der Waals surface area contributed by atoms with E-state index in [1.54, 1.807) is 18.2 Å². The number of hydrogen-bond acceptors (Lipinski definition) is 6. The van der Waals surface area contributed by atoms with Crippen LogP contribution in [0.25, 0.3) is 0 Å². The third-order valence-corrected chi connectivity index (χ3v) is 9.91. The molecule has 0 bridgehead atoms. The number of amides is 1. The summed E-state index contributed by atoms with van der Waals surface area (Å²) in [5.74, 6) is -14.9. The van der Waals surface area contributed by atoms with E-state index < -0.39 is 74.0 Å². The smallest absolute Gasteiger partial charge is 0.334 e. The Hall–Kier alpha value is -3.69. The summed E-state index contributed by atoms with van der Waals surface area (Å²) in [4.78, 5) is 29.9. The molecule has 230 valence electrons. The van der Waals surface area contributed by atoms with Gasteiger partial charge in [0.2, 0.25) is 21.7 Å². The van der Waals surface area contributed by atoms with Crippen molar-refractivity contribution in [2.45, 2.75) is 54.6 Å². The Bertz CT molecular complexity index is 1580. The van der Waals surface area contributed by atoms with E-state index in [4.69, 9.17) is 4.74 Å². The van der Waals surface area contributed by atoms with Gasteiger partial charge >= 0.3 is 5.97 Å². The largest absolute Gasteiger partial charge is 0.479 e. The van der Waals surface area contributed by atoms with Gasteiger partial charge in [-0.05, 0) is 37.0 Å². The highest BCUT2D eigenvalue weighted by Gasteiger charge is 2.52. The van der Waals surface area contributed by atoms with Crippen LogP contribution in [0, 0.1) is 29.1 Å². The van der Waals surface area contributed by atoms with Crippen LogP contribution in [-0.2, 0) is 30.9 Å². The van der Waals surface area contributed by atoms with E-state index in [-0.39, 0.29) is 25.3 Å². The van der Waals surface area contributed by atoms with E-state index in [9.17, 15) is 45.1 Å². The van der Waals surface area contributed by atoms with E-state index >= 15 is 0 Å². The van der Waals surface area contributed by atoms with Crippen molar-refractivity contribution in [3.8, 4) is 0 Å². The van der Waals surface area contributed by atoms with Gasteiger partial charge < -0.3 is 14.7 Å². The maximum Gasteiger partial charge on any atom is 0.334 e. The van der Waals surface area contributed by atoms with E-state index in [1.165, 1.54) is 24.4 Å². The average molecular weight is 628 g/mol. The zero-order chi connectivity index (χ0) is 31.1. The Morgan fingerprint density at radius 3 is 2.16 bits per heavy atom. The fourth-order valence-corrected chi connectivity index (χ4v) is 7.20. The minimum Gasteiger partial charge on any atom is -0.479 e. The summed E-state index contributed by atoms with van der Waals surface area (Å²) in [7, 11) is -5.43. The predicted octanol–water partition coefficient (Wildman–Crippen LogP) is 3.80. The van der Waals surface area contributed by atoms with Gasteiger partial charge in [0, 0.05) is 50.5 Å². The molecule has 0 radical (unpaired) electrons. The van der Waals surface area contributed by atoms with Gasteiger partial charge in [-0.1, -0.05) is 24.3 Å². The second-order valence-corrected chi connectivity index (χ2v) is 12.3. The first-order chi connectivity index (χ1) is 20.4. The molecule has 3 heterocycles. The minimum atomic E-state index is -5.43. The Balaban J connectivity index is 1.49. The summed E-state index contributed by atoms with van der Waals surface area (Å²) >= 11 is 0. The van der Waals surface area contributed by atoms with Crippen molar-refractivity contribution >= 4 is 21.9 Å². The van der Waals surface area contributed by atoms with Crippen molar-refractivity contribution in [2.24, 2.45) is 0 Å². The molecule has 2 aromatic rings. The minimum absolute atomic E-state index is 0.160. The fraction of sp³-hybridized carbons (Fsp3) is 0.393. The molecule has 2 fully saturated rings. The number of hydrogen-bond donors (Lipinski definition) is 1. The van der Waals surface area contributed by atoms with E-state index in [0.29, 0.717) is 23.1 Å². The number of rotatable bonds is 8. The zero-order valence-electron chi connectivity index (χ0n) is 22.5. The van der Waals surface area contributed by atoms with Crippen molar-refractivity contribution < 1.29 is 49.8 Å². The van der Waals surface area contributed by atoms with E-state index in [0.717, 1.165) is 23.4 Å². The molecule has 1 N–H and O–H groups in total. The highest BCUT2D eigenvalue weighted by molar-refractivity contribution is 7.89. The number of aromatic nitrogens is 1. The lowest BCUT2D eigenvalue weighted by Crippen LogP contribution is -2.64. The average Bonchev–Trinajstić information content (AvgIpc) is 2.98. The van der Waals surface area contributed by atoms with Gasteiger partial charge in [0.1, 0.15) is 6.04 Å². The molecule has 3 aliphatic rings. The van der Waals surface area contributed by atoms with Crippen LogP contribution >= 0.6 is 0 Å². The summed E-state index contributed by atoms with van der Waals surface area (Å²) in [5, 5.41) is 10.3. The number of allylic oxidation sites excluding steroid dienone is 2. The molecule has 1 amide bonds. The molecule has 2 aliphatic heterocycles. The number of carboxylic acids is 1. The van der Waals surface area contributed by atoms with Crippen LogP contribution in [0.5, 0.6) is 0 Å². The monoisotopic (exact) mass is 627 g/mol. The summed E-state index contributed by atoms with van der Waals surface area (Å²) in [6, 6.07) is 1.74. The molecule has 5 rings (SSSR count). The Morgan fingerprint density at radius 1 is 1.00 bits per heavy atom. The number of sulfonamides is 1. The van der Waals surface area contributed by atoms with Crippen molar-refractivity contribution in [2.75, 3.05) is 19.8 Å². The normalized spacial score (nSPS) is 22.8. The number of benzene rings is 1. The van der Waals surface area contributed by atoms with Crippen LogP contribution in [0.15, 0.2) is 47.5 Å². The van der Waals surface area contributed by atoms with Gasteiger partial charge in [0.15, 0.2) is 33.7 Å². The first kappa shape index (κ1) is 30.8.